The van der Waals surface area contributed by atoms with E-state index in [1.807, 2.05) is 34.1 Å². The Balaban J connectivity index is 2.31. The lowest BCUT2D eigenvalue weighted by Gasteiger charge is -2.33. The topological polar surface area (TPSA) is 90.6 Å². The average molecular weight is 536 g/mol. The van der Waals surface area contributed by atoms with E-state index >= 15 is 0 Å². The van der Waals surface area contributed by atoms with Crippen LogP contribution >= 0.6 is 0 Å². The minimum atomic E-state index is -0.164. The van der Waals surface area contributed by atoms with E-state index < -0.39 is 0 Å². The van der Waals surface area contributed by atoms with Gasteiger partial charge in [0.25, 0.3) is 0 Å². The van der Waals surface area contributed by atoms with E-state index in [1.165, 1.54) is 11.3 Å². The Morgan fingerprint density at radius 2 is 1.00 bits per heavy atom. The van der Waals surface area contributed by atoms with Gasteiger partial charge in [0.2, 0.25) is 0 Å². The zero-order chi connectivity index (χ0) is 28.2. The minimum Gasteiger partial charge on any atom is -0.395 e. The first-order valence-electron chi connectivity index (χ1n) is 14.0. The molecule has 0 aliphatic heterocycles. The van der Waals surface area contributed by atoms with Crippen LogP contribution in [0.3, 0.4) is 0 Å². The van der Waals surface area contributed by atoms with Crippen LogP contribution in [0.4, 0.5) is 17.1 Å². The molecule has 7 nitrogen and oxygen atoms in total. The van der Waals surface area contributed by atoms with E-state index in [4.69, 9.17) is 0 Å². The molecule has 0 amide bonds. The van der Waals surface area contributed by atoms with Crippen LogP contribution < -0.4 is 14.7 Å². The Kier molecular flexibility index (Phi) is 12.1. The van der Waals surface area contributed by atoms with Crippen molar-refractivity contribution in [1.29, 1.82) is 0 Å². The summed E-state index contributed by atoms with van der Waals surface area (Å²) in [5, 5.41) is 39.3. The van der Waals surface area contributed by atoms with Gasteiger partial charge in [0.05, 0.1) is 26.4 Å². The predicted octanol–water partition coefficient (Wildman–Crippen LogP) is 3.60. The van der Waals surface area contributed by atoms with Crippen molar-refractivity contribution in [2.24, 2.45) is 0 Å². The third-order valence-corrected chi connectivity index (χ3v) is 7.35. The molecule has 0 saturated heterocycles. The fourth-order valence-electron chi connectivity index (χ4n) is 5.50. The number of rotatable bonds is 16. The van der Waals surface area contributed by atoms with Gasteiger partial charge in [-0.05, 0) is 67.3 Å². The number of aryl methyl sites for hydroxylation is 1. The summed E-state index contributed by atoms with van der Waals surface area (Å²) in [5.74, 6) is -0.164. The molecule has 3 rings (SSSR count). The number of hydrogen-bond donors (Lipinski definition) is 4. The number of benzene rings is 3. The predicted molar refractivity (Wildman–Crippen MR) is 161 cm³/mol. The van der Waals surface area contributed by atoms with Gasteiger partial charge < -0.3 is 35.1 Å². The lowest BCUT2D eigenvalue weighted by Crippen LogP contribution is -2.32. The quantitative estimate of drug-likeness (QED) is 0.208. The summed E-state index contributed by atoms with van der Waals surface area (Å²) in [6, 6.07) is 23.0. The van der Waals surface area contributed by atoms with Crippen molar-refractivity contribution in [3.8, 4) is 0 Å². The van der Waals surface area contributed by atoms with Gasteiger partial charge in [-0.15, -0.1) is 0 Å². The molecule has 0 heterocycles. The average Bonchev–Trinajstić information content (AvgIpc) is 2.95. The smallest absolute Gasteiger partial charge is 0.0606 e. The summed E-state index contributed by atoms with van der Waals surface area (Å²) in [7, 11) is 0. The maximum atomic E-state index is 9.81. The van der Waals surface area contributed by atoms with Crippen molar-refractivity contribution in [3.05, 3.63) is 89.0 Å². The lowest BCUT2D eigenvalue weighted by atomic mass is 9.81. The monoisotopic (exact) mass is 535 g/mol. The first-order valence-corrected chi connectivity index (χ1v) is 14.0. The molecule has 3 aromatic carbocycles. The summed E-state index contributed by atoms with van der Waals surface area (Å²) in [4.78, 5) is 6.40. The number of nitrogens with zero attached hydrogens (tertiary/aromatic N) is 3. The molecule has 0 fully saturated rings. The summed E-state index contributed by atoms with van der Waals surface area (Å²) in [6.07, 6.45) is 0. The molecule has 0 spiro atoms. The van der Waals surface area contributed by atoms with Gasteiger partial charge in [0.15, 0.2) is 0 Å². The highest BCUT2D eigenvalue weighted by Gasteiger charge is 2.27. The van der Waals surface area contributed by atoms with Crippen molar-refractivity contribution in [2.45, 2.75) is 26.7 Å². The number of aliphatic hydroxyl groups is 4. The van der Waals surface area contributed by atoms with Crippen LogP contribution in [0.1, 0.15) is 42.0 Å². The molecule has 4 N–H and O–H groups in total. The van der Waals surface area contributed by atoms with Crippen molar-refractivity contribution in [3.63, 3.8) is 0 Å². The molecule has 0 bridgehead atoms. The van der Waals surface area contributed by atoms with Crippen LogP contribution in [0.5, 0.6) is 0 Å². The van der Waals surface area contributed by atoms with Gasteiger partial charge >= 0.3 is 0 Å². The van der Waals surface area contributed by atoms with Crippen molar-refractivity contribution in [2.75, 3.05) is 80.4 Å². The van der Waals surface area contributed by atoms with Gasteiger partial charge in [-0.1, -0.05) is 42.5 Å². The summed E-state index contributed by atoms with van der Waals surface area (Å²) < 4.78 is 0. The van der Waals surface area contributed by atoms with Gasteiger partial charge in [0, 0.05) is 62.2 Å². The largest absolute Gasteiger partial charge is 0.395 e. The number of hydrogen-bond acceptors (Lipinski definition) is 7. The number of anilines is 3. The molecule has 0 atom stereocenters. The maximum absolute atomic E-state index is 9.81. The van der Waals surface area contributed by atoms with E-state index in [0.29, 0.717) is 26.2 Å². The second-order valence-electron chi connectivity index (χ2n) is 9.63. The summed E-state index contributed by atoms with van der Waals surface area (Å²) in [5.41, 5.74) is 7.57. The second-order valence-corrected chi connectivity index (χ2v) is 9.63. The fourth-order valence-corrected chi connectivity index (χ4v) is 5.50. The molecule has 39 heavy (non-hydrogen) atoms. The van der Waals surface area contributed by atoms with Crippen molar-refractivity contribution < 1.29 is 20.4 Å². The van der Waals surface area contributed by atoms with E-state index in [2.05, 4.69) is 68.1 Å². The van der Waals surface area contributed by atoms with Crippen molar-refractivity contribution in [1.82, 2.24) is 0 Å². The van der Waals surface area contributed by atoms with Crippen LogP contribution in [0.25, 0.3) is 0 Å². The van der Waals surface area contributed by atoms with E-state index in [0.717, 1.165) is 41.2 Å². The van der Waals surface area contributed by atoms with Gasteiger partial charge in [0.1, 0.15) is 0 Å². The standard InChI is InChI=1S/C32H45N3O4/c1-4-33(5-2)26-14-15-27(25(3)24-26)32(28-10-6-8-12-30(28)34(16-20-36)17-21-37)29-11-7-9-13-31(29)35(18-22-38)19-23-39/h6-15,24,32,36-39H,4-5,16-23H2,1-3H3. The zero-order valence-electron chi connectivity index (χ0n) is 23.6. The van der Waals surface area contributed by atoms with E-state index in [-0.39, 0.29) is 32.3 Å². The molecule has 0 unspecified atom stereocenters. The second kappa shape index (κ2) is 15.5. The van der Waals surface area contributed by atoms with E-state index in [9.17, 15) is 20.4 Å². The van der Waals surface area contributed by atoms with Gasteiger partial charge in [-0.3, -0.25) is 0 Å². The molecule has 0 aromatic heterocycles. The Labute approximate surface area is 233 Å². The third-order valence-electron chi connectivity index (χ3n) is 7.35. The Bertz CT molecular complexity index is 1080. The first kappa shape index (κ1) is 30.4. The maximum Gasteiger partial charge on any atom is 0.0606 e. The normalized spacial score (nSPS) is 11.2. The Morgan fingerprint density at radius 1 is 0.564 bits per heavy atom. The number of para-hydroxylation sites is 2. The molecule has 0 radical (unpaired) electrons. The van der Waals surface area contributed by atoms with Gasteiger partial charge in [-0.25, -0.2) is 0 Å². The zero-order valence-corrected chi connectivity index (χ0v) is 23.6. The molecular weight excluding hydrogens is 490 g/mol. The molecule has 212 valence electrons. The molecule has 7 heteroatoms. The number of aliphatic hydroxyl groups excluding tert-OH is 4. The van der Waals surface area contributed by atoms with Crippen LogP contribution in [0, 0.1) is 6.92 Å². The molecule has 0 saturated carbocycles. The van der Waals surface area contributed by atoms with Crippen LogP contribution in [-0.2, 0) is 0 Å². The highest BCUT2D eigenvalue weighted by atomic mass is 16.3. The fraction of sp³-hybridized carbons (Fsp3) is 0.438. The van der Waals surface area contributed by atoms with Crippen LogP contribution in [0.15, 0.2) is 66.7 Å². The minimum absolute atomic E-state index is 0.0199. The molecule has 0 aliphatic carbocycles. The summed E-state index contributed by atoms with van der Waals surface area (Å²) in [6.45, 7) is 9.90. The summed E-state index contributed by atoms with van der Waals surface area (Å²) >= 11 is 0. The molecule has 0 aliphatic rings. The Morgan fingerprint density at radius 3 is 1.38 bits per heavy atom. The van der Waals surface area contributed by atoms with Gasteiger partial charge in [-0.2, -0.15) is 0 Å². The van der Waals surface area contributed by atoms with Crippen LogP contribution in [0.2, 0.25) is 0 Å². The third kappa shape index (κ3) is 7.31. The van der Waals surface area contributed by atoms with Crippen LogP contribution in [-0.4, -0.2) is 86.1 Å². The molecule has 3 aromatic rings. The lowest BCUT2D eigenvalue weighted by molar-refractivity contribution is 0.280. The van der Waals surface area contributed by atoms with Crippen molar-refractivity contribution >= 4 is 17.1 Å². The molecular formula is C32H45N3O4. The van der Waals surface area contributed by atoms with E-state index in [1.54, 1.807) is 0 Å². The first-order chi connectivity index (χ1) is 19.0. The SMILES string of the molecule is CCN(CC)c1ccc(C(c2ccccc2N(CCO)CCO)c2ccccc2N(CCO)CCO)c(C)c1. The highest BCUT2D eigenvalue weighted by Crippen LogP contribution is 2.43. The Hall–Kier alpha value is -3.10. The highest BCUT2D eigenvalue weighted by molar-refractivity contribution is 5.67.